The third-order valence-corrected chi connectivity index (χ3v) is 1.01. The van der Waals surface area contributed by atoms with Crippen LogP contribution < -0.4 is 5.32 Å². The molecular formula is C6H10N2. The van der Waals surface area contributed by atoms with Crippen molar-refractivity contribution in [3.05, 3.63) is 24.5 Å². The molecule has 44 valence electrons. The Morgan fingerprint density at radius 2 is 2.00 bits per heavy atom. The largest absolute Gasteiger partial charge is 0.341 e. The van der Waals surface area contributed by atoms with Crippen molar-refractivity contribution < 1.29 is 0 Å². The first-order chi connectivity index (χ1) is 3.93. The van der Waals surface area contributed by atoms with Gasteiger partial charge in [0.25, 0.3) is 0 Å². The molecule has 0 unspecified atom stereocenters. The number of hydrogen-bond donors (Lipinski definition) is 1. The van der Waals surface area contributed by atoms with Gasteiger partial charge in [-0.05, 0) is 19.2 Å². The highest BCUT2D eigenvalue weighted by Gasteiger charge is 1.79. The van der Waals surface area contributed by atoms with Gasteiger partial charge in [-0.1, -0.05) is 0 Å². The fourth-order valence-corrected chi connectivity index (χ4v) is 0.658. The lowest BCUT2D eigenvalue weighted by Gasteiger charge is -1.97. The third kappa shape index (κ3) is 1.10. The Bertz CT molecular complexity index is 132. The molecule has 2 heteroatoms. The third-order valence-electron chi connectivity index (χ3n) is 1.01. The molecule has 0 aliphatic rings. The van der Waals surface area contributed by atoms with Gasteiger partial charge in [0.2, 0.25) is 0 Å². The van der Waals surface area contributed by atoms with Crippen LogP contribution in [-0.2, 0) is 6.67 Å². The molecule has 1 rings (SSSR count). The first-order valence-corrected chi connectivity index (χ1v) is 2.69. The summed E-state index contributed by atoms with van der Waals surface area (Å²) in [5, 5.41) is 3.03. The maximum absolute atomic E-state index is 3.03. The molecule has 1 N–H and O–H groups in total. The van der Waals surface area contributed by atoms with Crippen LogP contribution in [0.15, 0.2) is 24.5 Å². The van der Waals surface area contributed by atoms with Crippen LogP contribution >= 0.6 is 0 Å². The minimum atomic E-state index is 0.896. The predicted molar refractivity (Wildman–Crippen MR) is 33.5 cm³/mol. The normalized spacial score (nSPS) is 9.62. The summed E-state index contributed by atoms with van der Waals surface area (Å²) in [7, 11) is 1.93. The summed E-state index contributed by atoms with van der Waals surface area (Å²) in [6.07, 6.45) is 4.05. The second kappa shape index (κ2) is 2.52. The maximum Gasteiger partial charge on any atom is 0.0717 e. The van der Waals surface area contributed by atoms with E-state index in [9.17, 15) is 0 Å². The summed E-state index contributed by atoms with van der Waals surface area (Å²) >= 11 is 0. The monoisotopic (exact) mass is 110 g/mol. The van der Waals surface area contributed by atoms with Crippen molar-refractivity contribution in [2.24, 2.45) is 0 Å². The van der Waals surface area contributed by atoms with Crippen LogP contribution in [0.25, 0.3) is 0 Å². The highest BCUT2D eigenvalue weighted by atomic mass is 15.1. The summed E-state index contributed by atoms with van der Waals surface area (Å²) in [4.78, 5) is 0. The maximum atomic E-state index is 3.03. The van der Waals surface area contributed by atoms with Crippen LogP contribution in [-0.4, -0.2) is 11.6 Å². The lowest BCUT2D eigenvalue weighted by molar-refractivity contribution is 0.621. The smallest absolute Gasteiger partial charge is 0.0717 e. The van der Waals surface area contributed by atoms with Gasteiger partial charge in [0.1, 0.15) is 0 Å². The Morgan fingerprint density at radius 3 is 2.50 bits per heavy atom. The van der Waals surface area contributed by atoms with E-state index in [4.69, 9.17) is 0 Å². The van der Waals surface area contributed by atoms with Crippen LogP contribution in [0.4, 0.5) is 0 Å². The summed E-state index contributed by atoms with van der Waals surface area (Å²) in [6, 6.07) is 4.02. The van der Waals surface area contributed by atoms with E-state index in [1.807, 2.05) is 31.6 Å². The highest BCUT2D eigenvalue weighted by Crippen LogP contribution is 1.85. The zero-order valence-corrected chi connectivity index (χ0v) is 4.96. The number of aromatic nitrogens is 1. The molecule has 1 aromatic heterocycles. The molecule has 0 fully saturated rings. The van der Waals surface area contributed by atoms with E-state index in [2.05, 4.69) is 9.88 Å². The molecule has 2 nitrogen and oxygen atoms in total. The van der Waals surface area contributed by atoms with E-state index in [-0.39, 0.29) is 0 Å². The van der Waals surface area contributed by atoms with Crippen molar-refractivity contribution in [2.45, 2.75) is 6.67 Å². The van der Waals surface area contributed by atoms with Gasteiger partial charge in [0.15, 0.2) is 0 Å². The second-order valence-electron chi connectivity index (χ2n) is 1.71. The van der Waals surface area contributed by atoms with Gasteiger partial charge < -0.3 is 9.88 Å². The molecule has 0 saturated carbocycles. The van der Waals surface area contributed by atoms with Crippen molar-refractivity contribution in [3.63, 3.8) is 0 Å². The zero-order valence-electron chi connectivity index (χ0n) is 4.96. The van der Waals surface area contributed by atoms with E-state index in [1.54, 1.807) is 0 Å². The van der Waals surface area contributed by atoms with Gasteiger partial charge in [-0.15, -0.1) is 0 Å². The average Bonchev–Trinajstić information content (AvgIpc) is 2.19. The molecule has 0 radical (unpaired) electrons. The molecule has 0 atom stereocenters. The Hall–Kier alpha value is -0.760. The van der Waals surface area contributed by atoms with Gasteiger partial charge in [0.05, 0.1) is 6.67 Å². The standard InChI is InChI=1S/C6H10N2/c1-7-6-8-4-2-3-5-8/h2-5,7H,6H2,1H3. The first-order valence-electron chi connectivity index (χ1n) is 2.69. The summed E-state index contributed by atoms with van der Waals surface area (Å²) < 4.78 is 2.07. The fourth-order valence-electron chi connectivity index (χ4n) is 0.658. The van der Waals surface area contributed by atoms with E-state index in [1.165, 1.54) is 0 Å². The lowest BCUT2D eigenvalue weighted by Crippen LogP contribution is -2.10. The summed E-state index contributed by atoms with van der Waals surface area (Å²) in [5.74, 6) is 0. The molecule has 8 heavy (non-hydrogen) atoms. The van der Waals surface area contributed by atoms with Crippen LogP contribution in [0.5, 0.6) is 0 Å². The van der Waals surface area contributed by atoms with Crippen LogP contribution in [0.1, 0.15) is 0 Å². The zero-order chi connectivity index (χ0) is 5.82. The topological polar surface area (TPSA) is 17.0 Å². The second-order valence-corrected chi connectivity index (χ2v) is 1.71. The molecule has 0 amide bonds. The lowest BCUT2D eigenvalue weighted by atomic mass is 10.7. The number of nitrogens with zero attached hydrogens (tertiary/aromatic N) is 1. The quantitative estimate of drug-likeness (QED) is 0.592. The van der Waals surface area contributed by atoms with Gasteiger partial charge in [-0.25, -0.2) is 0 Å². The number of nitrogens with one attached hydrogen (secondary N) is 1. The van der Waals surface area contributed by atoms with Crippen molar-refractivity contribution in [3.8, 4) is 0 Å². The molecule has 0 aromatic carbocycles. The SMILES string of the molecule is CNCn1cccc1. The van der Waals surface area contributed by atoms with E-state index < -0.39 is 0 Å². The molecular weight excluding hydrogens is 100 g/mol. The minimum absolute atomic E-state index is 0.896. The van der Waals surface area contributed by atoms with Crippen LogP contribution in [0.3, 0.4) is 0 Å². The molecule has 0 aliphatic heterocycles. The van der Waals surface area contributed by atoms with Crippen molar-refractivity contribution in [1.82, 2.24) is 9.88 Å². The first kappa shape index (κ1) is 5.38. The van der Waals surface area contributed by atoms with E-state index in [0.717, 1.165) is 6.67 Å². The molecule has 0 bridgehead atoms. The van der Waals surface area contributed by atoms with E-state index in [0.29, 0.717) is 0 Å². The number of hydrogen-bond acceptors (Lipinski definition) is 1. The van der Waals surface area contributed by atoms with Crippen molar-refractivity contribution >= 4 is 0 Å². The molecule has 0 saturated heterocycles. The van der Waals surface area contributed by atoms with E-state index >= 15 is 0 Å². The van der Waals surface area contributed by atoms with Gasteiger partial charge in [-0.3, -0.25) is 0 Å². The van der Waals surface area contributed by atoms with Crippen LogP contribution in [0, 0.1) is 0 Å². The van der Waals surface area contributed by atoms with Crippen molar-refractivity contribution in [2.75, 3.05) is 7.05 Å². The van der Waals surface area contributed by atoms with Gasteiger partial charge >= 0.3 is 0 Å². The van der Waals surface area contributed by atoms with Gasteiger partial charge in [0, 0.05) is 12.4 Å². The molecule has 1 heterocycles. The highest BCUT2D eigenvalue weighted by molar-refractivity contribution is 4.89. The van der Waals surface area contributed by atoms with Crippen LogP contribution in [0.2, 0.25) is 0 Å². The van der Waals surface area contributed by atoms with Gasteiger partial charge in [-0.2, -0.15) is 0 Å². The summed E-state index contributed by atoms with van der Waals surface area (Å²) in [5.41, 5.74) is 0. The molecule has 1 aromatic rings. The number of rotatable bonds is 2. The average molecular weight is 110 g/mol. The Kier molecular flexibility index (Phi) is 1.70. The Balaban J connectivity index is 2.50. The Morgan fingerprint density at radius 1 is 1.38 bits per heavy atom. The van der Waals surface area contributed by atoms with Crippen molar-refractivity contribution in [1.29, 1.82) is 0 Å². The predicted octanol–water partition coefficient (Wildman–Crippen LogP) is 0.665. The fraction of sp³-hybridized carbons (Fsp3) is 0.333. The Labute approximate surface area is 49.1 Å². The minimum Gasteiger partial charge on any atom is -0.341 e. The molecule has 0 aliphatic carbocycles. The molecule has 0 spiro atoms. The summed E-state index contributed by atoms with van der Waals surface area (Å²) in [6.45, 7) is 0.896.